The van der Waals surface area contributed by atoms with Crippen molar-refractivity contribution in [3.63, 3.8) is 0 Å². The first-order valence-electron chi connectivity index (χ1n) is 7.76. The summed E-state index contributed by atoms with van der Waals surface area (Å²) in [6.07, 6.45) is 0. The van der Waals surface area contributed by atoms with Crippen molar-refractivity contribution in [1.29, 1.82) is 0 Å². The summed E-state index contributed by atoms with van der Waals surface area (Å²) in [4.78, 5) is 2.11. The van der Waals surface area contributed by atoms with Crippen molar-refractivity contribution in [3.8, 4) is 0 Å². The topological polar surface area (TPSA) is 43.7 Å². The number of halogens is 1. The van der Waals surface area contributed by atoms with E-state index >= 15 is 0 Å². The van der Waals surface area contributed by atoms with Crippen LogP contribution in [-0.2, 0) is 5.41 Å². The molecule has 2 aromatic rings. The fourth-order valence-corrected chi connectivity index (χ4v) is 2.96. The number of rotatable bonds is 8. The first-order valence-corrected chi connectivity index (χ1v) is 7.76. The summed E-state index contributed by atoms with van der Waals surface area (Å²) >= 11 is 0. The fraction of sp³-hybridized carbons (Fsp3) is 0.368. The third-order valence-corrected chi connectivity index (χ3v) is 4.19. The Balaban J connectivity index is 0.00000264. The Bertz CT molecular complexity index is 502. The summed E-state index contributed by atoms with van der Waals surface area (Å²) in [6.45, 7) is 4.30. The van der Waals surface area contributed by atoms with Crippen LogP contribution in [0.15, 0.2) is 60.7 Å². The summed E-state index contributed by atoms with van der Waals surface area (Å²) < 4.78 is 0. The number of aliphatic hydroxyl groups is 2. The van der Waals surface area contributed by atoms with E-state index in [1.165, 1.54) is 11.1 Å². The van der Waals surface area contributed by atoms with E-state index in [1.54, 1.807) is 0 Å². The number of aliphatic hydroxyl groups excluding tert-OH is 2. The Hall–Kier alpha value is -1.39. The molecule has 0 atom stereocenters. The molecule has 0 saturated carbocycles. The highest BCUT2D eigenvalue weighted by Crippen LogP contribution is 2.32. The Morgan fingerprint density at radius 3 is 1.52 bits per heavy atom. The van der Waals surface area contributed by atoms with Gasteiger partial charge in [-0.2, -0.15) is 0 Å². The van der Waals surface area contributed by atoms with Gasteiger partial charge in [0.15, 0.2) is 0 Å². The summed E-state index contributed by atoms with van der Waals surface area (Å²) in [7, 11) is 0. The second-order valence-corrected chi connectivity index (χ2v) is 5.79. The maximum Gasteiger partial charge on any atom is 0.0558 e. The summed E-state index contributed by atoms with van der Waals surface area (Å²) in [5.41, 5.74) is 2.29. The van der Waals surface area contributed by atoms with Crippen LogP contribution < -0.4 is 0 Å². The monoisotopic (exact) mass is 335 g/mol. The zero-order valence-corrected chi connectivity index (χ0v) is 14.4. The predicted molar refractivity (Wildman–Crippen MR) is 97.2 cm³/mol. The minimum absolute atomic E-state index is 0. The number of nitrogens with zero attached hydrogens (tertiary/aromatic N) is 1. The van der Waals surface area contributed by atoms with Crippen LogP contribution in [0.25, 0.3) is 0 Å². The zero-order chi connectivity index (χ0) is 15.8. The molecule has 2 N–H and O–H groups in total. The number of benzene rings is 2. The predicted octanol–water partition coefficient (Wildman–Crippen LogP) is 2.70. The van der Waals surface area contributed by atoms with Crippen molar-refractivity contribution < 1.29 is 10.2 Å². The van der Waals surface area contributed by atoms with Gasteiger partial charge in [-0.3, -0.25) is 4.90 Å². The minimum Gasteiger partial charge on any atom is -0.395 e. The zero-order valence-electron chi connectivity index (χ0n) is 13.6. The van der Waals surface area contributed by atoms with E-state index in [2.05, 4.69) is 60.4 Å². The molecule has 2 rings (SSSR count). The molecule has 0 aromatic heterocycles. The average Bonchev–Trinajstić information content (AvgIpc) is 2.57. The molecule has 0 unspecified atom stereocenters. The summed E-state index contributed by atoms with van der Waals surface area (Å²) in [5.74, 6) is 0. The third kappa shape index (κ3) is 5.05. The molecule has 0 heterocycles. The van der Waals surface area contributed by atoms with Crippen LogP contribution in [0.3, 0.4) is 0 Å². The maximum absolute atomic E-state index is 9.28. The normalized spacial score (nSPS) is 11.3. The lowest BCUT2D eigenvalue weighted by Crippen LogP contribution is -2.42. The van der Waals surface area contributed by atoms with Gasteiger partial charge in [0.25, 0.3) is 0 Å². The first-order chi connectivity index (χ1) is 10.7. The van der Waals surface area contributed by atoms with E-state index in [-0.39, 0.29) is 31.0 Å². The van der Waals surface area contributed by atoms with Gasteiger partial charge in [-0.25, -0.2) is 0 Å². The highest BCUT2D eigenvalue weighted by atomic mass is 35.5. The molecular weight excluding hydrogens is 310 g/mol. The standard InChI is InChI=1S/C19H25NO2.ClH/c1-19(17-8-4-2-5-9-17,18-10-6-3-7-11-18)16-20(12-14-21)13-15-22;/h2-11,21-22H,12-16H2,1H3;1H. The second-order valence-electron chi connectivity index (χ2n) is 5.79. The van der Waals surface area contributed by atoms with Crippen LogP contribution >= 0.6 is 12.4 Å². The lowest BCUT2D eigenvalue weighted by atomic mass is 9.75. The van der Waals surface area contributed by atoms with Gasteiger partial charge < -0.3 is 10.2 Å². The summed E-state index contributed by atoms with van der Waals surface area (Å²) in [5, 5.41) is 18.6. The number of hydrogen-bond acceptors (Lipinski definition) is 3. The van der Waals surface area contributed by atoms with Gasteiger partial charge in [0.2, 0.25) is 0 Å². The van der Waals surface area contributed by atoms with Gasteiger partial charge >= 0.3 is 0 Å². The van der Waals surface area contributed by atoms with Crippen LogP contribution in [-0.4, -0.2) is 48.0 Å². The van der Waals surface area contributed by atoms with Crippen molar-refractivity contribution in [2.24, 2.45) is 0 Å². The largest absolute Gasteiger partial charge is 0.395 e. The van der Waals surface area contributed by atoms with Crippen LogP contribution in [0.1, 0.15) is 18.1 Å². The molecular formula is C19H26ClNO2. The van der Waals surface area contributed by atoms with Gasteiger partial charge in [-0.05, 0) is 11.1 Å². The van der Waals surface area contributed by atoms with Crippen molar-refractivity contribution in [2.75, 3.05) is 32.8 Å². The lowest BCUT2D eigenvalue weighted by molar-refractivity contribution is 0.145. The van der Waals surface area contributed by atoms with Gasteiger partial charge in [0.05, 0.1) is 13.2 Å². The molecule has 0 saturated heterocycles. The molecule has 4 heteroatoms. The molecule has 0 fully saturated rings. The maximum atomic E-state index is 9.28. The second kappa shape index (κ2) is 9.68. The molecule has 0 aliphatic rings. The van der Waals surface area contributed by atoms with Crippen molar-refractivity contribution in [1.82, 2.24) is 4.90 Å². The summed E-state index contributed by atoms with van der Waals surface area (Å²) in [6, 6.07) is 20.8. The molecule has 0 bridgehead atoms. The smallest absolute Gasteiger partial charge is 0.0558 e. The van der Waals surface area contributed by atoms with E-state index in [0.717, 1.165) is 6.54 Å². The van der Waals surface area contributed by atoms with Crippen LogP contribution in [0.4, 0.5) is 0 Å². The molecule has 2 aromatic carbocycles. The first kappa shape index (κ1) is 19.7. The SMILES string of the molecule is CC(CN(CCO)CCO)(c1ccccc1)c1ccccc1.Cl. The van der Waals surface area contributed by atoms with Crippen LogP contribution in [0.2, 0.25) is 0 Å². The van der Waals surface area contributed by atoms with Gasteiger partial charge in [0, 0.05) is 25.0 Å². The van der Waals surface area contributed by atoms with Crippen molar-refractivity contribution >= 4 is 12.4 Å². The quantitative estimate of drug-likeness (QED) is 0.779. The number of hydrogen-bond donors (Lipinski definition) is 2. The van der Waals surface area contributed by atoms with E-state index in [0.29, 0.717) is 13.1 Å². The molecule has 0 aliphatic carbocycles. The van der Waals surface area contributed by atoms with Gasteiger partial charge in [-0.15, -0.1) is 12.4 Å². The van der Waals surface area contributed by atoms with E-state index in [9.17, 15) is 10.2 Å². The van der Waals surface area contributed by atoms with Crippen molar-refractivity contribution in [2.45, 2.75) is 12.3 Å². The Morgan fingerprint density at radius 2 is 1.17 bits per heavy atom. The Morgan fingerprint density at radius 1 is 0.783 bits per heavy atom. The molecule has 0 spiro atoms. The van der Waals surface area contributed by atoms with Gasteiger partial charge in [0.1, 0.15) is 0 Å². The molecule has 126 valence electrons. The minimum atomic E-state index is -0.188. The van der Waals surface area contributed by atoms with Crippen LogP contribution in [0, 0.1) is 0 Å². The molecule has 0 amide bonds. The molecule has 23 heavy (non-hydrogen) atoms. The van der Waals surface area contributed by atoms with Crippen LogP contribution in [0.5, 0.6) is 0 Å². The Labute approximate surface area is 145 Å². The Kier molecular flexibility index (Phi) is 8.28. The van der Waals surface area contributed by atoms with Gasteiger partial charge in [-0.1, -0.05) is 67.6 Å². The molecule has 0 aliphatic heterocycles. The fourth-order valence-electron chi connectivity index (χ4n) is 2.96. The molecule has 3 nitrogen and oxygen atoms in total. The third-order valence-electron chi connectivity index (χ3n) is 4.19. The van der Waals surface area contributed by atoms with E-state index in [1.807, 2.05) is 12.1 Å². The average molecular weight is 336 g/mol. The van der Waals surface area contributed by atoms with E-state index in [4.69, 9.17) is 0 Å². The highest BCUT2D eigenvalue weighted by Gasteiger charge is 2.30. The molecule has 0 radical (unpaired) electrons. The lowest BCUT2D eigenvalue weighted by Gasteiger charge is -2.36. The van der Waals surface area contributed by atoms with E-state index < -0.39 is 0 Å². The van der Waals surface area contributed by atoms with Crippen molar-refractivity contribution in [3.05, 3.63) is 71.8 Å². The highest BCUT2D eigenvalue weighted by molar-refractivity contribution is 5.85.